The molecular formula is C20H20ClN3O5S. The van der Waals surface area contributed by atoms with E-state index in [1.807, 2.05) is 0 Å². The summed E-state index contributed by atoms with van der Waals surface area (Å²) in [6.07, 6.45) is 1.12. The van der Waals surface area contributed by atoms with E-state index in [2.05, 4.69) is 5.32 Å². The fraction of sp³-hybridized carbons (Fsp3) is 0.350. The molecule has 8 nitrogen and oxygen atoms in total. The fourth-order valence-corrected chi connectivity index (χ4v) is 4.50. The van der Waals surface area contributed by atoms with Gasteiger partial charge in [0.15, 0.2) is 0 Å². The average molecular weight is 450 g/mol. The number of ether oxygens (including phenoxy) is 1. The molecule has 0 saturated carbocycles. The Hall–Kier alpha value is -2.78. The zero-order valence-corrected chi connectivity index (χ0v) is 17.5. The van der Waals surface area contributed by atoms with Crippen molar-refractivity contribution in [3.05, 3.63) is 39.5 Å². The number of halogens is 1. The zero-order chi connectivity index (χ0) is 21.3. The van der Waals surface area contributed by atoms with Gasteiger partial charge in [0.2, 0.25) is 5.91 Å². The number of phenolic OH excluding ortho intramolecular Hbond substituents is 1. The van der Waals surface area contributed by atoms with Crippen molar-refractivity contribution in [3.8, 4) is 5.75 Å². The number of thiophene rings is 1. The summed E-state index contributed by atoms with van der Waals surface area (Å²) >= 11 is 7.00. The van der Waals surface area contributed by atoms with E-state index in [1.54, 1.807) is 29.2 Å². The molecule has 2 N–H and O–H groups in total. The highest BCUT2D eigenvalue weighted by molar-refractivity contribution is 7.18. The number of amides is 3. The maximum Gasteiger partial charge on any atom is 0.414 e. The second kappa shape index (κ2) is 8.53. The summed E-state index contributed by atoms with van der Waals surface area (Å²) in [5, 5.41) is 13.2. The first-order valence-electron chi connectivity index (χ1n) is 9.57. The van der Waals surface area contributed by atoms with Crippen LogP contribution in [-0.2, 0) is 9.53 Å². The van der Waals surface area contributed by atoms with E-state index in [4.69, 9.17) is 16.3 Å². The summed E-state index contributed by atoms with van der Waals surface area (Å²) in [5.41, 5.74) is 0.902. The Bertz CT molecular complexity index is 995. The van der Waals surface area contributed by atoms with E-state index in [9.17, 15) is 19.5 Å². The van der Waals surface area contributed by atoms with Gasteiger partial charge in [0, 0.05) is 24.7 Å². The van der Waals surface area contributed by atoms with Crippen LogP contribution in [0.3, 0.4) is 0 Å². The van der Waals surface area contributed by atoms with E-state index in [1.165, 1.54) is 22.3 Å². The van der Waals surface area contributed by atoms with Crippen LogP contribution in [0.25, 0.3) is 0 Å². The molecule has 1 aromatic heterocycles. The number of hydrogen-bond acceptors (Lipinski definition) is 6. The highest BCUT2D eigenvalue weighted by Gasteiger charge is 2.34. The van der Waals surface area contributed by atoms with Crippen molar-refractivity contribution in [2.24, 2.45) is 0 Å². The quantitative estimate of drug-likeness (QED) is 0.729. The predicted molar refractivity (Wildman–Crippen MR) is 114 cm³/mol. The van der Waals surface area contributed by atoms with Gasteiger partial charge in [-0.2, -0.15) is 0 Å². The van der Waals surface area contributed by atoms with Crippen LogP contribution < -0.4 is 15.1 Å². The standard InChI is InChI=1S/C20H20ClN3O5S/c21-17-7-6-16(30-17)19(27)22-10-13-11-24(20(28)29-13)14-5-4-12(9-15(14)25)23-8-2-1-3-18(23)26/h4-7,9,13,25H,1-3,8,10-11H2,(H,22,27)/t13-/m0/s1. The number of cyclic esters (lactones) is 1. The van der Waals surface area contributed by atoms with Gasteiger partial charge in [-0.25, -0.2) is 4.79 Å². The minimum Gasteiger partial charge on any atom is -0.506 e. The molecule has 3 heterocycles. The summed E-state index contributed by atoms with van der Waals surface area (Å²) in [5.74, 6) is -0.377. The Morgan fingerprint density at radius 2 is 2.07 bits per heavy atom. The van der Waals surface area contributed by atoms with Crippen LogP contribution in [0.5, 0.6) is 5.75 Å². The van der Waals surface area contributed by atoms with Crippen LogP contribution >= 0.6 is 22.9 Å². The van der Waals surface area contributed by atoms with Crippen LogP contribution in [0, 0.1) is 0 Å². The number of hydrogen-bond donors (Lipinski definition) is 2. The highest BCUT2D eigenvalue weighted by Crippen LogP contribution is 2.35. The van der Waals surface area contributed by atoms with Crippen molar-refractivity contribution < 1.29 is 24.2 Å². The zero-order valence-electron chi connectivity index (χ0n) is 16.0. The topological polar surface area (TPSA) is 99.2 Å². The number of rotatable bonds is 5. The minimum absolute atomic E-state index is 0.0248. The summed E-state index contributed by atoms with van der Waals surface area (Å²) in [4.78, 5) is 39.9. The number of phenols is 1. The third kappa shape index (κ3) is 4.22. The third-order valence-electron chi connectivity index (χ3n) is 5.05. The lowest BCUT2D eigenvalue weighted by atomic mass is 10.1. The molecule has 30 heavy (non-hydrogen) atoms. The van der Waals surface area contributed by atoms with Crippen molar-refractivity contribution in [1.82, 2.24) is 5.32 Å². The monoisotopic (exact) mass is 449 g/mol. The van der Waals surface area contributed by atoms with Crippen LogP contribution in [0.15, 0.2) is 30.3 Å². The van der Waals surface area contributed by atoms with E-state index in [0.29, 0.717) is 33.6 Å². The molecule has 1 atom stereocenters. The molecule has 2 aliphatic heterocycles. The molecule has 2 aromatic rings. The van der Waals surface area contributed by atoms with Gasteiger partial charge in [-0.1, -0.05) is 11.6 Å². The van der Waals surface area contributed by atoms with Crippen molar-refractivity contribution in [2.45, 2.75) is 25.4 Å². The molecule has 2 fully saturated rings. The van der Waals surface area contributed by atoms with Crippen molar-refractivity contribution >= 4 is 52.2 Å². The van der Waals surface area contributed by atoms with Gasteiger partial charge >= 0.3 is 6.09 Å². The first kappa shape index (κ1) is 20.5. The number of aromatic hydroxyl groups is 1. The van der Waals surface area contributed by atoms with Gasteiger partial charge in [-0.3, -0.25) is 14.5 Å². The van der Waals surface area contributed by atoms with Crippen LogP contribution in [-0.4, -0.2) is 48.8 Å². The highest BCUT2D eigenvalue weighted by atomic mass is 35.5. The van der Waals surface area contributed by atoms with E-state index >= 15 is 0 Å². The Morgan fingerprint density at radius 3 is 2.77 bits per heavy atom. The molecule has 0 aliphatic carbocycles. The van der Waals surface area contributed by atoms with Crippen molar-refractivity contribution in [1.29, 1.82) is 0 Å². The largest absolute Gasteiger partial charge is 0.506 e. The second-order valence-electron chi connectivity index (χ2n) is 7.11. The second-order valence-corrected chi connectivity index (χ2v) is 8.82. The number of nitrogens with zero attached hydrogens (tertiary/aromatic N) is 2. The number of carbonyl (C=O) groups is 3. The molecule has 158 valence electrons. The SMILES string of the molecule is O=C(NC[C@H]1CN(c2ccc(N3CCCCC3=O)cc2O)C(=O)O1)c1ccc(Cl)s1. The summed E-state index contributed by atoms with van der Waals surface area (Å²) in [7, 11) is 0. The molecule has 4 rings (SSSR count). The average Bonchev–Trinajstić information content (AvgIpc) is 3.32. The lowest BCUT2D eigenvalue weighted by Gasteiger charge is -2.27. The number of carbonyl (C=O) groups excluding carboxylic acids is 3. The number of benzene rings is 1. The fourth-order valence-electron chi connectivity index (χ4n) is 3.54. The van der Waals surface area contributed by atoms with Crippen LogP contribution in [0.2, 0.25) is 4.34 Å². The summed E-state index contributed by atoms with van der Waals surface area (Å²) in [6.45, 7) is 0.929. The van der Waals surface area contributed by atoms with Crippen molar-refractivity contribution in [3.63, 3.8) is 0 Å². The molecule has 0 bridgehead atoms. The summed E-state index contributed by atoms with van der Waals surface area (Å²) in [6, 6.07) is 8.06. The molecule has 10 heteroatoms. The number of anilines is 2. The normalized spacial score (nSPS) is 19.2. The molecule has 1 aromatic carbocycles. The molecule has 2 aliphatic rings. The Kier molecular flexibility index (Phi) is 5.83. The van der Waals surface area contributed by atoms with Crippen LogP contribution in [0.4, 0.5) is 16.2 Å². The maximum atomic E-state index is 12.3. The molecule has 2 saturated heterocycles. The first-order valence-corrected chi connectivity index (χ1v) is 10.8. The van der Waals surface area contributed by atoms with Gasteiger partial charge in [0.05, 0.1) is 28.0 Å². The number of nitrogens with one attached hydrogen (secondary N) is 1. The van der Waals surface area contributed by atoms with E-state index < -0.39 is 12.2 Å². The first-order chi connectivity index (χ1) is 14.4. The maximum absolute atomic E-state index is 12.3. The third-order valence-corrected chi connectivity index (χ3v) is 6.28. The molecule has 0 radical (unpaired) electrons. The molecule has 3 amide bonds. The minimum atomic E-state index is -0.606. The van der Waals surface area contributed by atoms with Gasteiger partial charge in [-0.15, -0.1) is 11.3 Å². The Labute approximate surface area is 182 Å². The van der Waals surface area contributed by atoms with Crippen molar-refractivity contribution in [2.75, 3.05) is 29.4 Å². The molecule has 0 spiro atoms. The Balaban J connectivity index is 1.40. The summed E-state index contributed by atoms with van der Waals surface area (Å²) < 4.78 is 5.83. The van der Waals surface area contributed by atoms with Crippen LogP contribution in [0.1, 0.15) is 28.9 Å². The van der Waals surface area contributed by atoms with E-state index in [-0.39, 0.29) is 30.7 Å². The van der Waals surface area contributed by atoms with Gasteiger partial charge in [0.1, 0.15) is 11.9 Å². The van der Waals surface area contributed by atoms with Gasteiger partial charge < -0.3 is 20.1 Å². The lowest BCUT2D eigenvalue weighted by Crippen LogP contribution is -2.35. The predicted octanol–water partition coefficient (Wildman–Crippen LogP) is 3.38. The smallest absolute Gasteiger partial charge is 0.414 e. The molecular weight excluding hydrogens is 430 g/mol. The lowest BCUT2D eigenvalue weighted by molar-refractivity contribution is -0.119. The number of piperidine rings is 1. The molecule has 0 unspecified atom stereocenters. The van der Waals surface area contributed by atoms with E-state index in [0.717, 1.165) is 12.8 Å². The Morgan fingerprint density at radius 1 is 1.23 bits per heavy atom. The van der Waals surface area contributed by atoms with Gasteiger partial charge in [-0.05, 0) is 37.1 Å². The van der Waals surface area contributed by atoms with Gasteiger partial charge in [0.25, 0.3) is 5.91 Å².